The minimum Gasteiger partial charge on any atom is -0.352 e. The van der Waals surface area contributed by atoms with E-state index >= 15 is 0 Å². The van der Waals surface area contributed by atoms with Crippen LogP contribution in [0.2, 0.25) is 5.02 Å². The summed E-state index contributed by atoms with van der Waals surface area (Å²) in [7, 11) is -4.34. The fourth-order valence-corrected chi connectivity index (χ4v) is 5.38. The van der Waals surface area contributed by atoms with Gasteiger partial charge in [-0.15, -0.1) is 0 Å². The molecule has 0 aliphatic rings. The summed E-state index contributed by atoms with van der Waals surface area (Å²) in [5, 5.41) is 3.25. The van der Waals surface area contributed by atoms with Crippen molar-refractivity contribution in [2.24, 2.45) is 0 Å². The number of halogens is 2. The molecular weight excluding hydrogens is 529 g/mol. The first-order valence-electron chi connectivity index (χ1n) is 12.2. The van der Waals surface area contributed by atoms with E-state index in [2.05, 4.69) is 5.32 Å². The monoisotopic (exact) mass is 559 g/mol. The van der Waals surface area contributed by atoms with Crippen molar-refractivity contribution in [3.05, 3.63) is 95.3 Å². The summed E-state index contributed by atoms with van der Waals surface area (Å²) < 4.78 is 42.9. The van der Waals surface area contributed by atoms with Crippen LogP contribution < -0.4 is 9.62 Å². The molecule has 3 aromatic rings. The Hall–Kier alpha value is -3.43. The summed E-state index contributed by atoms with van der Waals surface area (Å²) >= 11 is 6.34. The number of carbonyl (C=O) groups excluding carboxylic acids is 2. The van der Waals surface area contributed by atoms with E-state index in [0.717, 1.165) is 10.4 Å². The van der Waals surface area contributed by atoms with Crippen molar-refractivity contribution in [2.75, 3.05) is 10.8 Å². The zero-order valence-corrected chi connectivity index (χ0v) is 23.0. The first-order valence-corrected chi connectivity index (χ1v) is 14.0. The van der Waals surface area contributed by atoms with Crippen LogP contribution in [0.5, 0.6) is 0 Å². The van der Waals surface area contributed by atoms with E-state index in [0.29, 0.717) is 17.0 Å². The van der Waals surface area contributed by atoms with Crippen molar-refractivity contribution >= 4 is 39.1 Å². The highest BCUT2D eigenvalue weighted by Crippen LogP contribution is 2.27. The van der Waals surface area contributed by atoms with Crippen LogP contribution >= 0.6 is 11.6 Å². The van der Waals surface area contributed by atoms with Crippen LogP contribution in [0.1, 0.15) is 32.8 Å². The van der Waals surface area contributed by atoms with Crippen LogP contribution in [-0.2, 0) is 26.2 Å². The van der Waals surface area contributed by atoms with Gasteiger partial charge in [0, 0.05) is 17.6 Å². The maximum Gasteiger partial charge on any atom is 0.264 e. The number of hydrogen-bond donors (Lipinski definition) is 1. The van der Waals surface area contributed by atoms with Crippen molar-refractivity contribution in [1.82, 2.24) is 10.2 Å². The highest BCUT2D eigenvalue weighted by atomic mass is 35.5. The van der Waals surface area contributed by atoms with Gasteiger partial charge in [0.15, 0.2) is 0 Å². The van der Waals surface area contributed by atoms with Gasteiger partial charge in [-0.25, -0.2) is 12.8 Å². The van der Waals surface area contributed by atoms with Gasteiger partial charge in [0.2, 0.25) is 11.8 Å². The number of para-hydroxylation sites is 1. The molecule has 0 aliphatic carbocycles. The average molecular weight is 560 g/mol. The fraction of sp³-hybridized carbons (Fsp3) is 0.286. The highest BCUT2D eigenvalue weighted by Gasteiger charge is 2.34. The van der Waals surface area contributed by atoms with Gasteiger partial charge in [-0.2, -0.15) is 0 Å². The molecular formula is C28H31ClFN3O4S. The molecule has 0 spiro atoms. The molecule has 0 saturated heterocycles. The summed E-state index contributed by atoms with van der Waals surface area (Å²) in [5.41, 5.74) is 0.299. The van der Waals surface area contributed by atoms with Crippen molar-refractivity contribution in [3.8, 4) is 0 Å². The van der Waals surface area contributed by atoms with Crippen molar-refractivity contribution < 1.29 is 22.4 Å². The number of carbonyl (C=O) groups is 2. The zero-order chi connectivity index (χ0) is 27.9. The minimum atomic E-state index is -4.34. The smallest absolute Gasteiger partial charge is 0.264 e. The van der Waals surface area contributed by atoms with Gasteiger partial charge in [-0.3, -0.25) is 13.9 Å². The Balaban J connectivity index is 2.04. The van der Waals surface area contributed by atoms with Gasteiger partial charge < -0.3 is 10.2 Å². The predicted molar refractivity (Wildman–Crippen MR) is 147 cm³/mol. The van der Waals surface area contributed by atoms with Gasteiger partial charge in [-0.05, 0) is 56.2 Å². The lowest BCUT2D eigenvalue weighted by Gasteiger charge is -2.32. The third-order valence-corrected chi connectivity index (χ3v) is 8.34. The molecule has 0 aromatic heterocycles. The van der Waals surface area contributed by atoms with Crippen molar-refractivity contribution in [3.63, 3.8) is 0 Å². The lowest BCUT2D eigenvalue weighted by molar-refractivity contribution is -0.139. The summed E-state index contributed by atoms with van der Waals surface area (Å²) in [6.45, 7) is 4.54. The molecule has 0 fully saturated rings. The molecule has 1 N–H and O–H groups in total. The maximum absolute atomic E-state index is 14.9. The number of rotatable bonds is 11. The van der Waals surface area contributed by atoms with E-state index in [1.54, 1.807) is 49.4 Å². The Labute approximate surface area is 228 Å². The molecule has 0 radical (unpaired) electrons. The Morgan fingerprint density at radius 1 is 0.947 bits per heavy atom. The number of sulfonamides is 1. The molecule has 0 saturated carbocycles. The Morgan fingerprint density at radius 2 is 1.55 bits per heavy atom. The van der Waals surface area contributed by atoms with E-state index < -0.39 is 40.2 Å². The number of hydrogen-bond acceptors (Lipinski definition) is 4. The number of nitrogens with zero attached hydrogens (tertiary/aromatic N) is 2. The van der Waals surface area contributed by atoms with E-state index in [1.165, 1.54) is 35.2 Å². The van der Waals surface area contributed by atoms with Gasteiger partial charge in [-0.1, -0.05) is 67.1 Å². The number of anilines is 1. The van der Waals surface area contributed by atoms with Crippen LogP contribution in [0.3, 0.4) is 0 Å². The molecule has 10 heteroatoms. The Morgan fingerprint density at radius 3 is 2.18 bits per heavy atom. The van der Waals surface area contributed by atoms with Crippen LogP contribution in [0.4, 0.5) is 10.1 Å². The molecule has 0 aliphatic heterocycles. The summed E-state index contributed by atoms with van der Waals surface area (Å²) in [6.07, 6.45) is 0.688. The number of benzene rings is 3. The molecule has 2 atom stereocenters. The van der Waals surface area contributed by atoms with Crippen LogP contribution in [0, 0.1) is 5.82 Å². The van der Waals surface area contributed by atoms with Gasteiger partial charge in [0.1, 0.15) is 18.4 Å². The second-order valence-corrected chi connectivity index (χ2v) is 11.2. The van der Waals surface area contributed by atoms with Gasteiger partial charge in [0.05, 0.1) is 10.6 Å². The van der Waals surface area contributed by atoms with Crippen LogP contribution in [0.25, 0.3) is 0 Å². The van der Waals surface area contributed by atoms with Crippen LogP contribution in [-0.4, -0.2) is 43.8 Å². The SMILES string of the molecule is CC[C@@H](C)NC(=O)[C@H](C)N(Cc1ccccc1Cl)C(=O)CN(c1ccccc1F)S(=O)(=O)c1ccccc1. The first-order chi connectivity index (χ1) is 18.1. The zero-order valence-electron chi connectivity index (χ0n) is 21.5. The third-order valence-electron chi connectivity index (χ3n) is 6.20. The second kappa shape index (κ2) is 12.9. The molecule has 0 bridgehead atoms. The number of nitrogens with one attached hydrogen (secondary N) is 1. The third kappa shape index (κ3) is 6.90. The Kier molecular flexibility index (Phi) is 9.88. The molecule has 3 aromatic carbocycles. The fourth-order valence-electron chi connectivity index (χ4n) is 3.75. The second-order valence-electron chi connectivity index (χ2n) is 8.88. The molecule has 38 heavy (non-hydrogen) atoms. The number of amides is 2. The lowest BCUT2D eigenvalue weighted by atomic mass is 10.1. The molecule has 0 unspecified atom stereocenters. The van der Waals surface area contributed by atoms with Crippen molar-refractivity contribution in [2.45, 2.75) is 50.7 Å². The summed E-state index contributed by atoms with van der Waals surface area (Å²) in [6, 6.07) is 18.6. The molecule has 0 heterocycles. The predicted octanol–water partition coefficient (Wildman–Crippen LogP) is 5.01. The minimum absolute atomic E-state index is 0.0515. The van der Waals surface area contributed by atoms with Gasteiger partial charge >= 0.3 is 0 Å². The van der Waals surface area contributed by atoms with Crippen LogP contribution in [0.15, 0.2) is 83.8 Å². The molecule has 7 nitrogen and oxygen atoms in total. The van der Waals surface area contributed by atoms with E-state index in [-0.39, 0.29) is 23.2 Å². The summed E-state index contributed by atoms with van der Waals surface area (Å²) in [4.78, 5) is 28.0. The molecule has 202 valence electrons. The van der Waals surface area contributed by atoms with E-state index in [4.69, 9.17) is 11.6 Å². The molecule has 2 amide bonds. The topological polar surface area (TPSA) is 86.8 Å². The normalized spacial score (nSPS) is 12.9. The quantitative estimate of drug-likeness (QED) is 0.358. The first kappa shape index (κ1) is 29.1. The van der Waals surface area contributed by atoms with E-state index in [1.807, 2.05) is 13.8 Å². The highest BCUT2D eigenvalue weighted by molar-refractivity contribution is 7.92. The Bertz CT molecular complexity index is 1370. The average Bonchev–Trinajstić information content (AvgIpc) is 2.91. The molecule has 3 rings (SSSR count). The standard InChI is InChI=1S/C28H31ClFN3O4S/c1-4-20(2)31-28(35)21(3)32(18-22-12-8-9-15-24(22)29)27(34)19-33(26-17-11-10-16-25(26)30)38(36,37)23-13-6-5-7-14-23/h5-17,20-21H,4,18-19H2,1-3H3,(H,31,35)/t20-,21+/m1/s1. The summed E-state index contributed by atoms with van der Waals surface area (Å²) in [5.74, 6) is -1.90. The lowest BCUT2D eigenvalue weighted by Crippen LogP contribution is -2.52. The van der Waals surface area contributed by atoms with Crippen molar-refractivity contribution in [1.29, 1.82) is 0 Å². The largest absolute Gasteiger partial charge is 0.352 e. The van der Waals surface area contributed by atoms with Gasteiger partial charge in [0.25, 0.3) is 10.0 Å². The maximum atomic E-state index is 14.9. The van der Waals surface area contributed by atoms with E-state index in [9.17, 15) is 22.4 Å².